The predicted molar refractivity (Wildman–Crippen MR) is 32.6 cm³/mol. The van der Waals surface area contributed by atoms with Crippen molar-refractivity contribution in [2.24, 2.45) is 5.92 Å². The van der Waals surface area contributed by atoms with Gasteiger partial charge in [0.1, 0.15) is 5.78 Å². The Bertz CT molecular complexity index is 157. The molecule has 0 aromatic carbocycles. The molecule has 9 heavy (non-hydrogen) atoms. The lowest BCUT2D eigenvalue weighted by atomic mass is 10.0. The highest BCUT2D eigenvalue weighted by atomic mass is 16.1. The molecule has 0 saturated heterocycles. The van der Waals surface area contributed by atoms with Crippen LogP contribution in [0.3, 0.4) is 0 Å². The molecule has 0 radical (unpaired) electrons. The largest absolute Gasteiger partial charge is 0.299 e. The Morgan fingerprint density at radius 1 is 1.78 bits per heavy atom. The second kappa shape index (κ2) is 2.63. The van der Waals surface area contributed by atoms with Gasteiger partial charge in [-0.05, 0) is 12.8 Å². The van der Waals surface area contributed by atoms with Crippen molar-refractivity contribution in [2.75, 3.05) is 0 Å². The van der Waals surface area contributed by atoms with Gasteiger partial charge in [0, 0.05) is 18.8 Å². The van der Waals surface area contributed by atoms with E-state index in [1.807, 2.05) is 6.07 Å². The first-order valence-electron chi connectivity index (χ1n) is 3.24. The molecule has 1 atom stereocenters. The topological polar surface area (TPSA) is 40.9 Å². The third-order valence-electron chi connectivity index (χ3n) is 1.77. The minimum absolute atomic E-state index is 0.0787. The summed E-state index contributed by atoms with van der Waals surface area (Å²) in [6, 6.07) is 2.02. The van der Waals surface area contributed by atoms with Crippen LogP contribution in [0.15, 0.2) is 0 Å². The highest BCUT2D eigenvalue weighted by Gasteiger charge is 2.23. The van der Waals surface area contributed by atoms with Crippen molar-refractivity contribution in [2.45, 2.75) is 25.7 Å². The van der Waals surface area contributed by atoms with Crippen LogP contribution < -0.4 is 0 Å². The van der Waals surface area contributed by atoms with E-state index in [4.69, 9.17) is 5.26 Å². The molecule has 1 saturated carbocycles. The maximum absolute atomic E-state index is 10.8. The van der Waals surface area contributed by atoms with E-state index in [1.54, 1.807) is 0 Å². The van der Waals surface area contributed by atoms with Gasteiger partial charge in [0.05, 0.1) is 6.07 Å². The highest BCUT2D eigenvalue weighted by Crippen LogP contribution is 2.23. The zero-order valence-corrected chi connectivity index (χ0v) is 5.26. The van der Waals surface area contributed by atoms with Crippen LogP contribution in [0.25, 0.3) is 0 Å². The number of nitriles is 1. The molecule has 0 aromatic heterocycles. The van der Waals surface area contributed by atoms with Gasteiger partial charge in [-0.1, -0.05) is 0 Å². The van der Waals surface area contributed by atoms with E-state index in [-0.39, 0.29) is 11.7 Å². The van der Waals surface area contributed by atoms with Gasteiger partial charge in [-0.2, -0.15) is 5.26 Å². The van der Waals surface area contributed by atoms with Gasteiger partial charge in [-0.25, -0.2) is 0 Å². The van der Waals surface area contributed by atoms with E-state index in [0.717, 1.165) is 12.8 Å². The molecule has 1 aliphatic carbocycles. The number of carbonyl (C=O) groups is 1. The summed E-state index contributed by atoms with van der Waals surface area (Å²) in [5.41, 5.74) is 0. The molecule has 0 bridgehead atoms. The van der Waals surface area contributed by atoms with Crippen LogP contribution in [0.4, 0.5) is 0 Å². The Morgan fingerprint density at radius 3 is 3.00 bits per heavy atom. The van der Waals surface area contributed by atoms with E-state index in [2.05, 4.69) is 0 Å². The summed E-state index contributed by atoms with van der Waals surface area (Å²) in [4.78, 5) is 10.8. The Kier molecular flexibility index (Phi) is 1.84. The Balaban J connectivity index is 2.42. The van der Waals surface area contributed by atoms with Crippen LogP contribution in [0.1, 0.15) is 25.7 Å². The van der Waals surface area contributed by atoms with Crippen molar-refractivity contribution in [3.63, 3.8) is 0 Å². The monoisotopic (exact) mass is 123 g/mol. The van der Waals surface area contributed by atoms with Crippen LogP contribution >= 0.6 is 0 Å². The molecule has 0 aromatic rings. The average Bonchev–Trinajstić information content (AvgIpc) is 2.18. The van der Waals surface area contributed by atoms with Gasteiger partial charge in [-0.15, -0.1) is 0 Å². The first kappa shape index (κ1) is 6.28. The average molecular weight is 123 g/mol. The summed E-state index contributed by atoms with van der Waals surface area (Å²) in [6.45, 7) is 0. The number of hydrogen-bond donors (Lipinski definition) is 0. The van der Waals surface area contributed by atoms with E-state index < -0.39 is 0 Å². The molecule has 2 heteroatoms. The van der Waals surface area contributed by atoms with E-state index in [0.29, 0.717) is 12.8 Å². The van der Waals surface area contributed by atoms with Gasteiger partial charge in [0.15, 0.2) is 0 Å². The minimum Gasteiger partial charge on any atom is -0.299 e. The molecule has 0 unspecified atom stereocenters. The molecule has 1 rings (SSSR count). The standard InChI is InChI=1S/C7H9NO/c8-5-4-6-2-1-3-7(6)9/h6H,1-4H2/t6-/m1/s1. The molecule has 0 aliphatic heterocycles. The second-order valence-electron chi connectivity index (χ2n) is 2.42. The minimum atomic E-state index is 0.0787. The van der Waals surface area contributed by atoms with Crippen LogP contribution in [0.2, 0.25) is 0 Å². The molecule has 0 N–H and O–H groups in total. The van der Waals surface area contributed by atoms with E-state index in [9.17, 15) is 4.79 Å². The molecule has 1 fully saturated rings. The molecule has 0 heterocycles. The lowest BCUT2D eigenvalue weighted by Gasteiger charge is -1.97. The molecule has 0 spiro atoms. The maximum atomic E-state index is 10.8. The summed E-state index contributed by atoms with van der Waals surface area (Å²) in [5.74, 6) is 0.367. The number of rotatable bonds is 1. The highest BCUT2D eigenvalue weighted by molar-refractivity contribution is 5.83. The number of carbonyl (C=O) groups excluding carboxylic acids is 1. The summed E-state index contributed by atoms with van der Waals surface area (Å²) in [5, 5.41) is 8.24. The predicted octanol–water partition coefficient (Wildman–Crippen LogP) is 1.27. The quantitative estimate of drug-likeness (QED) is 0.526. The lowest BCUT2D eigenvalue weighted by molar-refractivity contribution is -0.120. The fourth-order valence-corrected chi connectivity index (χ4v) is 1.21. The van der Waals surface area contributed by atoms with Crippen LogP contribution in [-0.2, 0) is 4.79 Å². The van der Waals surface area contributed by atoms with Crippen LogP contribution in [-0.4, -0.2) is 5.78 Å². The van der Waals surface area contributed by atoms with Crippen molar-refractivity contribution in [1.29, 1.82) is 5.26 Å². The molecular formula is C7H9NO. The third kappa shape index (κ3) is 1.29. The lowest BCUT2D eigenvalue weighted by Crippen LogP contribution is -2.03. The van der Waals surface area contributed by atoms with Crippen LogP contribution in [0.5, 0.6) is 0 Å². The fourth-order valence-electron chi connectivity index (χ4n) is 1.21. The van der Waals surface area contributed by atoms with Crippen molar-refractivity contribution >= 4 is 5.78 Å². The molecule has 48 valence electrons. The smallest absolute Gasteiger partial charge is 0.137 e. The summed E-state index contributed by atoms with van der Waals surface area (Å²) < 4.78 is 0. The van der Waals surface area contributed by atoms with E-state index in [1.165, 1.54) is 0 Å². The van der Waals surface area contributed by atoms with Crippen molar-refractivity contribution in [3.05, 3.63) is 0 Å². The summed E-state index contributed by atoms with van der Waals surface area (Å²) in [6.07, 6.45) is 3.06. The Hall–Kier alpha value is -0.840. The Labute approximate surface area is 54.5 Å². The van der Waals surface area contributed by atoms with Crippen LogP contribution in [0, 0.1) is 17.2 Å². The van der Waals surface area contributed by atoms with Crippen molar-refractivity contribution in [3.8, 4) is 6.07 Å². The third-order valence-corrected chi connectivity index (χ3v) is 1.77. The normalized spacial score (nSPS) is 26.1. The van der Waals surface area contributed by atoms with Gasteiger partial charge >= 0.3 is 0 Å². The molecular weight excluding hydrogens is 114 g/mol. The van der Waals surface area contributed by atoms with Gasteiger partial charge in [0.2, 0.25) is 0 Å². The summed E-state index contributed by atoms with van der Waals surface area (Å²) in [7, 11) is 0. The van der Waals surface area contributed by atoms with Gasteiger partial charge < -0.3 is 0 Å². The van der Waals surface area contributed by atoms with Gasteiger partial charge in [0.25, 0.3) is 0 Å². The summed E-state index contributed by atoms with van der Waals surface area (Å²) >= 11 is 0. The Morgan fingerprint density at radius 2 is 2.56 bits per heavy atom. The van der Waals surface area contributed by atoms with Crippen molar-refractivity contribution in [1.82, 2.24) is 0 Å². The number of ketones is 1. The first-order valence-corrected chi connectivity index (χ1v) is 3.24. The SMILES string of the molecule is N#CC[C@H]1CCCC1=O. The first-order chi connectivity index (χ1) is 4.34. The maximum Gasteiger partial charge on any atom is 0.137 e. The zero-order valence-electron chi connectivity index (χ0n) is 5.26. The fraction of sp³-hybridized carbons (Fsp3) is 0.714. The molecule has 2 nitrogen and oxygen atoms in total. The molecule has 0 amide bonds. The molecule has 1 aliphatic rings. The number of nitrogens with zero attached hydrogens (tertiary/aromatic N) is 1. The van der Waals surface area contributed by atoms with Gasteiger partial charge in [-0.3, -0.25) is 4.79 Å². The number of Topliss-reactive ketones (excluding diaryl/α,β-unsaturated/α-hetero) is 1. The van der Waals surface area contributed by atoms with Crippen molar-refractivity contribution < 1.29 is 4.79 Å². The van der Waals surface area contributed by atoms with E-state index >= 15 is 0 Å². The number of hydrogen-bond acceptors (Lipinski definition) is 2. The second-order valence-corrected chi connectivity index (χ2v) is 2.42. The zero-order chi connectivity index (χ0) is 6.69.